The summed E-state index contributed by atoms with van der Waals surface area (Å²) in [6.45, 7) is 1.90. The summed E-state index contributed by atoms with van der Waals surface area (Å²) in [5.41, 5.74) is 3.11. The second-order valence-corrected chi connectivity index (χ2v) is 5.32. The van der Waals surface area contributed by atoms with Crippen molar-refractivity contribution in [1.82, 2.24) is 9.97 Å². The van der Waals surface area contributed by atoms with E-state index in [9.17, 15) is 15.4 Å². The standard InChI is InChI=1S/C18H13N5O2/c1-12-8-9-20-18(21-12)13-2-4-15(5-3-13)22-17-7-6-16(23(24)25)10-14(17)11-19/h2-10,22H,1H3. The van der Waals surface area contributed by atoms with Gasteiger partial charge in [-0.25, -0.2) is 9.97 Å². The maximum atomic E-state index is 10.8. The second-order valence-electron chi connectivity index (χ2n) is 5.32. The molecule has 0 saturated carbocycles. The molecule has 25 heavy (non-hydrogen) atoms. The van der Waals surface area contributed by atoms with Crippen LogP contribution in [0.2, 0.25) is 0 Å². The summed E-state index contributed by atoms with van der Waals surface area (Å²) >= 11 is 0. The van der Waals surface area contributed by atoms with Crippen LogP contribution in [0.25, 0.3) is 11.4 Å². The van der Waals surface area contributed by atoms with Gasteiger partial charge in [-0.15, -0.1) is 0 Å². The summed E-state index contributed by atoms with van der Waals surface area (Å²) in [6.07, 6.45) is 1.71. The molecule has 2 aromatic carbocycles. The SMILES string of the molecule is Cc1ccnc(-c2ccc(Nc3ccc([N+](=O)[O-])cc3C#N)cc2)n1. The molecule has 1 aromatic heterocycles. The van der Waals surface area contributed by atoms with Gasteiger partial charge in [-0.05, 0) is 43.3 Å². The molecule has 0 spiro atoms. The first-order chi connectivity index (χ1) is 12.1. The van der Waals surface area contributed by atoms with Gasteiger partial charge in [-0.3, -0.25) is 10.1 Å². The number of benzene rings is 2. The molecule has 3 rings (SSSR count). The zero-order chi connectivity index (χ0) is 17.8. The smallest absolute Gasteiger partial charge is 0.270 e. The fourth-order valence-electron chi connectivity index (χ4n) is 2.29. The van der Waals surface area contributed by atoms with Crippen LogP contribution in [0, 0.1) is 28.4 Å². The van der Waals surface area contributed by atoms with Crippen molar-refractivity contribution in [3.63, 3.8) is 0 Å². The number of aryl methyl sites for hydroxylation is 1. The Morgan fingerprint density at radius 1 is 1.16 bits per heavy atom. The summed E-state index contributed by atoms with van der Waals surface area (Å²) in [4.78, 5) is 18.9. The lowest BCUT2D eigenvalue weighted by Gasteiger charge is -2.09. The fraction of sp³-hybridized carbons (Fsp3) is 0.0556. The van der Waals surface area contributed by atoms with E-state index >= 15 is 0 Å². The highest BCUT2D eigenvalue weighted by Crippen LogP contribution is 2.26. The highest BCUT2D eigenvalue weighted by Gasteiger charge is 2.11. The van der Waals surface area contributed by atoms with Gasteiger partial charge in [0.05, 0.1) is 16.2 Å². The zero-order valence-corrected chi connectivity index (χ0v) is 13.3. The van der Waals surface area contributed by atoms with E-state index in [2.05, 4.69) is 15.3 Å². The van der Waals surface area contributed by atoms with Crippen molar-refractivity contribution in [3.05, 3.63) is 76.1 Å². The number of nitrogens with one attached hydrogen (secondary N) is 1. The van der Waals surface area contributed by atoms with E-state index in [1.807, 2.05) is 43.3 Å². The molecule has 0 radical (unpaired) electrons. The topological polar surface area (TPSA) is 105 Å². The van der Waals surface area contributed by atoms with Gasteiger partial charge in [0.1, 0.15) is 6.07 Å². The Balaban J connectivity index is 1.85. The minimum atomic E-state index is -0.527. The van der Waals surface area contributed by atoms with Crippen molar-refractivity contribution >= 4 is 17.1 Å². The predicted octanol–water partition coefficient (Wildman–Crippen LogP) is 3.98. The first-order valence-corrected chi connectivity index (χ1v) is 7.42. The molecule has 0 atom stereocenters. The Kier molecular flexibility index (Phi) is 4.35. The summed E-state index contributed by atoms with van der Waals surface area (Å²) in [5.74, 6) is 0.639. The lowest BCUT2D eigenvalue weighted by molar-refractivity contribution is -0.384. The predicted molar refractivity (Wildman–Crippen MR) is 93.3 cm³/mol. The molecule has 0 aliphatic rings. The van der Waals surface area contributed by atoms with Crippen LogP contribution in [0.4, 0.5) is 17.1 Å². The van der Waals surface area contributed by atoms with Crippen LogP contribution in [0.3, 0.4) is 0 Å². The third kappa shape index (κ3) is 3.59. The van der Waals surface area contributed by atoms with Crippen LogP contribution in [-0.2, 0) is 0 Å². The van der Waals surface area contributed by atoms with Crippen LogP contribution in [0.1, 0.15) is 11.3 Å². The van der Waals surface area contributed by atoms with E-state index in [1.165, 1.54) is 18.2 Å². The molecule has 3 aromatic rings. The molecule has 0 unspecified atom stereocenters. The van der Waals surface area contributed by atoms with Gasteiger partial charge in [0, 0.05) is 35.3 Å². The fourth-order valence-corrected chi connectivity index (χ4v) is 2.29. The van der Waals surface area contributed by atoms with Gasteiger partial charge in [0.15, 0.2) is 5.82 Å². The Hall–Kier alpha value is -3.79. The number of hydrogen-bond acceptors (Lipinski definition) is 6. The summed E-state index contributed by atoms with van der Waals surface area (Å²) in [6, 6.07) is 15.3. The number of non-ortho nitro benzene ring substituents is 1. The van der Waals surface area contributed by atoms with Gasteiger partial charge in [-0.1, -0.05) is 0 Å². The van der Waals surface area contributed by atoms with E-state index in [0.29, 0.717) is 11.5 Å². The van der Waals surface area contributed by atoms with Gasteiger partial charge in [-0.2, -0.15) is 5.26 Å². The van der Waals surface area contributed by atoms with Crippen molar-refractivity contribution in [2.75, 3.05) is 5.32 Å². The Morgan fingerprint density at radius 3 is 2.56 bits per heavy atom. The molecule has 0 aliphatic carbocycles. The quantitative estimate of drug-likeness (QED) is 0.573. The van der Waals surface area contributed by atoms with Crippen molar-refractivity contribution in [1.29, 1.82) is 5.26 Å². The maximum Gasteiger partial charge on any atom is 0.270 e. The molecule has 0 bridgehead atoms. The zero-order valence-electron chi connectivity index (χ0n) is 13.3. The number of anilines is 2. The molecule has 0 aliphatic heterocycles. The number of nitrogens with zero attached hydrogens (tertiary/aromatic N) is 4. The van der Waals surface area contributed by atoms with E-state index in [4.69, 9.17) is 0 Å². The van der Waals surface area contributed by atoms with E-state index < -0.39 is 4.92 Å². The first kappa shape index (κ1) is 16.1. The average Bonchev–Trinajstić information content (AvgIpc) is 2.62. The number of aromatic nitrogens is 2. The number of nitro benzene ring substituents is 1. The minimum absolute atomic E-state index is 0.117. The largest absolute Gasteiger partial charge is 0.354 e. The van der Waals surface area contributed by atoms with Gasteiger partial charge in [0.2, 0.25) is 0 Å². The monoisotopic (exact) mass is 331 g/mol. The molecule has 1 heterocycles. The van der Waals surface area contributed by atoms with Crippen LogP contribution >= 0.6 is 0 Å². The van der Waals surface area contributed by atoms with Crippen molar-refractivity contribution in [2.24, 2.45) is 0 Å². The third-order valence-electron chi connectivity index (χ3n) is 3.55. The van der Waals surface area contributed by atoms with Gasteiger partial charge >= 0.3 is 0 Å². The normalized spacial score (nSPS) is 10.1. The second kappa shape index (κ2) is 6.76. The molecule has 7 heteroatoms. The number of nitro groups is 1. The lowest BCUT2D eigenvalue weighted by atomic mass is 10.1. The highest BCUT2D eigenvalue weighted by molar-refractivity contribution is 5.70. The molecular formula is C18H13N5O2. The van der Waals surface area contributed by atoms with Crippen LogP contribution in [0.15, 0.2) is 54.7 Å². The Bertz CT molecular complexity index is 978. The van der Waals surface area contributed by atoms with Gasteiger partial charge < -0.3 is 5.32 Å². The minimum Gasteiger partial charge on any atom is -0.354 e. The van der Waals surface area contributed by atoms with E-state index in [0.717, 1.165) is 16.9 Å². The molecule has 0 saturated heterocycles. The Labute approximate surface area is 143 Å². The lowest BCUT2D eigenvalue weighted by Crippen LogP contribution is -1.96. The average molecular weight is 331 g/mol. The number of hydrogen-bond donors (Lipinski definition) is 1. The molecular weight excluding hydrogens is 318 g/mol. The van der Waals surface area contributed by atoms with Crippen LogP contribution in [-0.4, -0.2) is 14.9 Å². The summed E-state index contributed by atoms with van der Waals surface area (Å²) in [5, 5.41) is 23.1. The maximum absolute atomic E-state index is 10.8. The van der Waals surface area contributed by atoms with Gasteiger partial charge in [0.25, 0.3) is 5.69 Å². The van der Waals surface area contributed by atoms with Crippen molar-refractivity contribution in [3.8, 4) is 17.5 Å². The number of rotatable bonds is 4. The highest BCUT2D eigenvalue weighted by atomic mass is 16.6. The Morgan fingerprint density at radius 2 is 1.92 bits per heavy atom. The molecule has 0 amide bonds. The van der Waals surface area contributed by atoms with Crippen LogP contribution < -0.4 is 5.32 Å². The molecule has 0 fully saturated rings. The molecule has 122 valence electrons. The van der Waals surface area contributed by atoms with E-state index in [-0.39, 0.29) is 11.3 Å². The third-order valence-corrected chi connectivity index (χ3v) is 3.55. The summed E-state index contributed by atoms with van der Waals surface area (Å²) < 4.78 is 0. The number of nitriles is 1. The molecule has 1 N–H and O–H groups in total. The van der Waals surface area contributed by atoms with E-state index in [1.54, 1.807) is 6.20 Å². The van der Waals surface area contributed by atoms with Crippen molar-refractivity contribution in [2.45, 2.75) is 6.92 Å². The summed E-state index contributed by atoms with van der Waals surface area (Å²) in [7, 11) is 0. The van der Waals surface area contributed by atoms with Crippen molar-refractivity contribution < 1.29 is 4.92 Å². The molecule has 7 nitrogen and oxygen atoms in total. The van der Waals surface area contributed by atoms with Crippen LogP contribution in [0.5, 0.6) is 0 Å². The first-order valence-electron chi connectivity index (χ1n) is 7.42.